The molecule has 0 aliphatic heterocycles. The van der Waals surface area contributed by atoms with Crippen LogP contribution in [-0.4, -0.2) is 18.5 Å². The zero-order valence-corrected chi connectivity index (χ0v) is 16.8. The molecule has 2 aromatic carbocycles. The van der Waals surface area contributed by atoms with Crippen LogP contribution in [-0.2, 0) is 9.53 Å². The van der Waals surface area contributed by atoms with Gasteiger partial charge in [0.1, 0.15) is 0 Å². The molecule has 0 spiro atoms. The number of carbonyl (C=O) groups excluding carboxylic acids is 2. The highest BCUT2D eigenvalue weighted by Gasteiger charge is 2.17. The maximum atomic E-state index is 12.4. The molecule has 144 valence electrons. The van der Waals surface area contributed by atoms with E-state index in [2.05, 4.69) is 33.0 Å². The lowest BCUT2D eigenvalue weighted by Gasteiger charge is -2.20. The Morgan fingerprint density at radius 2 is 1.67 bits per heavy atom. The highest BCUT2D eigenvalue weighted by molar-refractivity contribution is 6.33. The van der Waals surface area contributed by atoms with Crippen molar-refractivity contribution in [1.29, 1.82) is 0 Å². The number of nitrogens with two attached hydrogens (primary N) is 1. The first-order valence-corrected chi connectivity index (χ1v) is 9.23. The van der Waals surface area contributed by atoms with E-state index in [1.165, 1.54) is 18.2 Å². The highest BCUT2D eigenvalue weighted by Crippen LogP contribution is 2.32. The van der Waals surface area contributed by atoms with Gasteiger partial charge in [-0.2, -0.15) is 0 Å². The van der Waals surface area contributed by atoms with E-state index >= 15 is 0 Å². The van der Waals surface area contributed by atoms with Gasteiger partial charge in [-0.1, -0.05) is 57.5 Å². The minimum atomic E-state index is -0.630. The molecule has 0 atom stereocenters. The van der Waals surface area contributed by atoms with Gasteiger partial charge in [-0.3, -0.25) is 4.79 Å². The molecule has 0 fully saturated rings. The zero-order chi connectivity index (χ0) is 20.1. The molecule has 27 heavy (non-hydrogen) atoms. The summed E-state index contributed by atoms with van der Waals surface area (Å²) in [6, 6.07) is 10.4. The molecular formula is C21H25ClN2O3. The maximum Gasteiger partial charge on any atom is 0.338 e. The van der Waals surface area contributed by atoms with Gasteiger partial charge in [-0.15, -0.1) is 0 Å². The van der Waals surface area contributed by atoms with Gasteiger partial charge in [0.05, 0.1) is 16.3 Å². The number of hydrogen-bond donors (Lipinski definition) is 2. The third-order valence-electron chi connectivity index (χ3n) is 4.20. The number of anilines is 2. The molecule has 5 nitrogen and oxygen atoms in total. The van der Waals surface area contributed by atoms with Crippen LogP contribution in [0.15, 0.2) is 36.4 Å². The maximum absolute atomic E-state index is 12.4. The number of nitrogens with one attached hydrogen (secondary N) is 1. The molecule has 0 heterocycles. The molecular weight excluding hydrogens is 364 g/mol. The van der Waals surface area contributed by atoms with Crippen molar-refractivity contribution in [2.24, 2.45) is 0 Å². The Hall–Kier alpha value is -2.53. The number of amides is 1. The number of hydrogen-bond acceptors (Lipinski definition) is 4. The summed E-state index contributed by atoms with van der Waals surface area (Å²) in [7, 11) is 0. The molecule has 0 unspecified atom stereocenters. The average molecular weight is 389 g/mol. The van der Waals surface area contributed by atoms with E-state index in [-0.39, 0.29) is 35.6 Å². The minimum absolute atomic E-state index is 0.246. The van der Waals surface area contributed by atoms with E-state index in [4.69, 9.17) is 22.1 Å². The van der Waals surface area contributed by atoms with Crippen LogP contribution in [0, 0.1) is 0 Å². The number of benzene rings is 2. The lowest BCUT2D eigenvalue weighted by molar-refractivity contribution is -0.119. The summed E-state index contributed by atoms with van der Waals surface area (Å²) in [6.45, 7) is 7.89. The summed E-state index contributed by atoms with van der Waals surface area (Å²) in [5.74, 6) is -0.521. The fraction of sp³-hybridized carbons (Fsp3) is 0.333. The van der Waals surface area contributed by atoms with Crippen LogP contribution < -0.4 is 11.1 Å². The molecule has 0 aliphatic carbocycles. The normalized spacial score (nSPS) is 10.9. The van der Waals surface area contributed by atoms with E-state index < -0.39 is 5.97 Å². The predicted octanol–water partition coefficient (Wildman–Crippen LogP) is 4.96. The number of esters is 1. The summed E-state index contributed by atoms with van der Waals surface area (Å²) in [5, 5.41) is 3.26. The van der Waals surface area contributed by atoms with Crippen molar-refractivity contribution >= 4 is 34.9 Å². The number of halogens is 1. The smallest absolute Gasteiger partial charge is 0.338 e. The number of para-hydroxylation sites is 1. The Kier molecular flexibility index (Phi) is 6.86. The standard InChI is InChI=1S/C21H25ClN2O3/c1-12(2)15-6-5-7-16(13(3)4)20(15)24-19(25)11-27-21(26)14-8-9-17(22)18(23)10-14/h5-10,12-13H,11,23H2,1-4H3,(H,24,25). The summed E-state index contributed by atoms with van der Waals surface area (Å²) in [4.78, 5) is 24.5. The molecule has 0 saturated heterocycles. The number of rotatable bonds is 6. The molecule has 3 N–H and O–H groups in total. The Balaban J connectivity index is 2.09. The molecule has 1 amide bonds. The molecule has 0 radical (unpaired) electrons. The van der Waals surface area contributed by atoms with Gasteiger partial charge in [0, 0.05) is 5.69 Å². The lowest BCUT2D eigenvalue weighted by atomic mass is 9.92. The second-order valence-corrected chi connectivity index (χ2v) is 7.39. The van der Waals surface area contributed by atoms with Gasteiger partial charge in [-0.25, -0.2) is 4.79 Å². The van der Waals surface area contributed by atoms with E-state index in [1.807, 2.05) is 18.2 Å². The first-order valence-electron chi connectivity index (χ1n) is 8.85. The highest BCUT2D eigenvalue weighted by atomic mass is 35.5. The topological polar surface area (TPSA) is 81.4 Å². The predicted molar refractivity (Wildman–Crippen MR) is 109 cm³/mol. The molecule has 0 aromatic heterocycles. The van der Waals surface area contributed by atoms with Gasteiger partial charge in [0.2, 0.25) is 0 Å². The van der Waals surface area contributed by atoms with Crippen LogP contribution in [0.25, 0.3) is 0 Å². The van der Waals surface area contributed by atoms with Crippen molar-refractivity contribution < 1.29 is 14.3 Å². The molecule has 6 heteroatoms. The van der Waals surface area contributed by atoms with E-state index in [9.17, 15) is 9.59 Å². The zero-order valence-electron chi connectivity index (χ0n) is 16.0. The van der Waals surface area contributed by atoms with Crippen molar-refractivity contribution in [2.45, 2.75) is 39.5 Å². The molecule has 0 saturated carbocycles. The summed E-state index contributed by atoms with van der Waals surface area (Å²) >= 11 is 5.84. The SMILES string of the molecule is CC(C)c1cccc(C(C)C)c1NC(=O)COC(=O)c1ccc(Cl)c(N)c1. The van der Waals surface area contributed by atoms with Crippen molar-refractivity contribution in [2.75, 3.05) is 17.7 Å². The fourth-order valence-corrected chi connectivity index (χ4v) is 2.87. The number of nitrogen functional groups attached to an aromatic ring is 1. The monoisotopic (exact) mass is 388 g/mol. The molecule has 0 bridgehead atoms. The van der Waals surface area contributed by atoms with Gasteiger partial charge < -0.3 is 15.8 Å². The number of ether oxygens (including phenoxy) is 1. The second-order valence-electron chi connectivity index (χ2n) is 6.98. The molecule has 2 aromatic rings. The largest absolute Gasteiger partial charge is 0.452 e. The summed E-state index contributed by atoms with van der Waals surface area (Å²) in [6.07, 6.45) is 0. The lowest BCUT2D eigenvalue weighted by Crippen LogP contribution is -2.22. The Morgan fingerprint density at radius 1 is 1.07 bits per heavy atom. The van der Waals surface area contributed by atoms with E-state index in [1.54, 1.807) is 0 Å². The minimum Gasteiger partial charge on any atom is -0.452 e. The van der Waals surface area contributed by atoms with Gasteiger partial charge >= 0.3 is 5.97 Å². The third kappa shape index (κ3) is 5.23. The van der Waals surface area contributed by atoms with Crippen molar-refractivity contribution in [3.05, 3.63) is 58.1 Å². The number of carbonyl (C=O) groups is 2. The first-order chi connectivity index (χ1) is 12.7. The summed E-state index contributed by atoms with van der Waals surface area (Å²) < 4.78 is 5.11. The van der Waals surface area contributed by atoms with E-state index in [0.29, 0.717) is 5.02 Å². The Labute approximate surface area is 164 Å². The second kappa shape index (κ2) is 8.91. The van der Waals surface area contributed by atoms with Gasteiger partial charge in [0.15, 0.2) is 6.61 Å². The van der Waals surface area contributed by atoms with Crippen LogP contribution >= 0.6 is 11.6 Å². The third-order valence-corrected chi connectivity index (χ3v) is 4.55. The molecule has 2 rings (SSSR count). The Morgan fingerprint density at radius 3 is 2.19 bits per heavy atom. The van der Waals surface area contributed by atoms with Gasteiger partial charge in [0.25, 0.3) is 5.91 Å². The first kappa shape index (κ1) is 20.8. The van der Waals surface area contributed by atoms with Gasteiger partial charge in [-0.05, 0) is 41.2 Å². The van der Waals surface area contributed by atoms with Crippen LogP contribution in [0.5, 0.6) is 0 Å². The quantitative estimate of drug-likeness (QED) is 0.541. The van der Waals surface area contributed by atoms with Crippen LogP contribution in [0.1, 0.15) is 61.0 Å². The van der Waals surface area contributed by atoms with Crippen molar-refractivity contribution in [1.82, 2.24) is 0 Å². The molecule has 0 aliphatic rings. The van der Waals surface area contributed by atoms with Crippen LogP contribution in [0.3, 0.4) is 0 Å². The average Bonchev–Trinajstić information content (AvgIpc) is 2.61. The fourth-order valence-electron chi connectivity index (χ4n) is 2.76. The Bertz CT molecular complexity index is 821. The summed E-state index contributed by atoms with van der Waals surface area (Å²) in [5.41, 5.74) is 9.10. The van der Waals surface area contributed by atoms with Crippen LogP contribution in [0.2, 0.25) is 5.02 Å². The van der Waals surface area contributed by atoms with Crippen molar-refractivity contribution in [3.8, 4) is 0 Å². The van der Waals surface area contributed by atoms with Crippen molar-refractivity contribution in [3.63, 3.8) is 0 Å². The van der Waals surface area contributed by atoms with Crippen LogP contribution in [0.4, 0.5) is 11.4 Å². The van der Waals surface area contributed by atoms with E-state index in [0.717, 1.165) is 16.8 Å².